The van der Waals surface area contributed by atoms with Crippen molar-refractivity contribution >= 4 is 0 Å². The second-order valence-electron chi connectivity index (χ2n) is 7.30. The van der Waals surface area contributed by atoms with Crippen molar-refractivity contribution in [1.29, 1.82) is 0 Å². The van der Waals surface area contributed by atoms with E-state index in [4.69, 9.17) is 18.9 Å². The normalized spacial score (nSPS) is 20.8. The Bertz CT molecular complexity index is 750. The van der Waals surface area contributed by atoms with E-state index in [0.29, 0.717) is 13.2 Å². The van der Waals surface area contributed by atoms with Gasteiger partial charge in [0.1, 0.15) is 36.9 Å². The van der Waals surface area contributed by atoms with Crippen molar-refractivity contribution in [2.24, 2.45) is 0 Å². The molecule has 4 nitrogen and oxygen atoms in total. The Morgan fingerprint density at radius 1 is 0.731 bits per heavy atom. The standard InChI is InChI=1S/C22H26O4/c1-13-5-7-19(21(15(13)3)25-11-17-9-23-17)20-8-6-14(2)16(4)22(20)26-12-18-10-24-18/h5-8,17-18H,9-12H2,1-4H3. The van der Waals surface area contributed by atoms with Gasteiger partial charge in [0.25, 0.3) is 0 Å². The summed E-state index contributed by atoms with van der Waals surface area (Å²) in [6, 6.07) is 8.56. The van der Waals surface area contributed by atoms with Crippen LogP contribution in [0.25, 0.3) is 11.1 Å². The molecule has 4 rings (SSSR count). The van der Waals surface area contributed by atoms with Gasteiger partial charge in [0.2, 0.25) is 0 Å². The molecule has 2 saturated heterocycles. The fourth-order valence-electron chi connectivity index (χ4n) is 3.06. The van der Waals surface area contributed by atoms with Crippen LogP contribution in [0.2, 0.25) is 0 Å². The molecule has 2 aromatic carbocycles. The molecule has 0 aliphatic carbocycles. The molecule has 2 aliphatic rings. The maximum atomic E-state index is 6.18. The molecule has 0 radical (unpaired) electrons. The molecule has 0 aromatic heterocycles. The van der Waals surface area contributed by atoms with Crippen LogP contribution in [-0.4, -0.2) is 38.6 Å². The molecule has 26 heavy (non-hydrogen) atoms. The molecular formula is C22H26O4. The van der Waals surface area contributed by atoms with Gasteiger partial charge in [-0.1, -0.05) is 24.3 Å². The van der Waals surface area contributed by atoms with Crippen LogP contribution in [0.1, 0.15) is 22.3 Å². The topological polar surface area (TPSA) is 43.5 Å². The number of benzene rings is 2. The first-order valence-electron chi connectivity index (χ1n) is 9.24. The van der Waals surface area contributed by atoms with Gasteiger partial charge in [-0.15, -0.1) is 0 Å². The summed E-state index contributed by atoms with van der Waals surface area (Å²) in [7, 11) is 0. The highest BCUT2D eigenvalue weighted by Gasteiger charge is 2.26. The van der Waals surface area contributed by atoms with Gasteiger partial charge in [-0.25, -0.2) is 0 Å². The monoisotopic (exact) mass is 354 g/mol. The molecule has 2 heterocycles. The first kappa shape index (κ1) is 17.4. The van der Waals surface area contributed by atoms with Crippen molar-refractivity contribution in [3.8, 4) is 22.6 Å². The lowest BCUT2D eigenvalue weighted by Crippen LogP contribution is -2.09. The molecule has 2 aliphatic heterocycles. The van der Waals surface area contributed by atoms with Gasteiger partial charge < -0.3 is 18.9 Å². The third-order valence-corrected chi connectivity index (χ3v) is 5.28. The average molecular weight is 354 g/mol. The Labute approximate surface area is 155 Å². The summed E-state index contributed by atoms with van der Waals surface area (Å²) < 4.78 is 23.0. The third kappa shape index (κ3) is 3.57. The highest BCUT2D eigenvalue weighted by molar-refractivity contribution is 5.79. The summed E-state index contributed by atoms with van der Waals surface area (Å²) in [4.78, 5) is 0. The number of aryl methyl sites for hydroxylation is 2. The minimum Gasteiger partial charge on any atom is -0.490 e. The first-order valence-corrected chi connectivity index (χ1v) is 9.24. The summed E-state index contributed by atoms with van der Waals surface area (Å²) >= 11 is 0. The summed E-state index contributed by atoms with van der Waals surface area (Å²) in [5.74, 6) is 1.85. The average Bonchev–Trinajstić information content (AvgIpc) is 3.52. The lowest BCUT2D eigenvalue weighted by atomic mass is 9.95. The van der Waals surface area contributed by atoms with E-state index in [-0.39, 0.29) is 12.2 Å². The number of epoxide rings is 2. The quantitative estimate of drug-likeness (QED) is 0.701. The summed E-state index contributed by atoms with van der Waals surface area (Å²) in [5, 5.41) is 0. The van der Waals surface area contributed by atoms with Gasteiger partial charge in [0.15, 0.2) is 0 Å². The zero-order valence-electron chi connectivity index (χ0n) is 15.9. The predicted octanol–water partition coefficient (Wildman–Crippen LogP) is 4.14. The number of rotatable bonds is 7. The number of hydrogen-bond donors (Lipinski definition) is 0. The van der Waals surface area contributed by atoms with Crippen LogP contribution in [0.4, 0.5) is 0 Å². The van der Waals surface area contributed by atoms with Crippen molar-refractivity contribution in [1.82, 2.24) is 0 Å². The van der Waals surface area contributed by atoms with Gasteiger partial charge in [0, 0.05) is 11.1 Å². The Morgan fingerprint density at radius 2 is 1.12 bits per heavy atom. The fraction of sp³-hybridized carbons (Fsp3) is 0.455. The van der Waals surface area contributed by atoms with Crippen LogP contribution in [0.3, 0.4) is 0 Å². The number of hydrogen-bond acceptors (Lipinski definition) is 4. The summed E-state index contributed by atoms with van der Waals surface area (Å²) in [6.45, 7) is 11.2. The fourth-order valence-corrected chi connectivity index (χ4v) is 3.06. The molecule has 2 fully saturated rings. The second-order valence-corrected chi connectivity index (χ2v) is 7.30. The van der Waals surface area contributed by atoms with E-state index in [1.54, 1.807) is 0 Å². The van der Waals surface area contributed by atoms with E-state index in [9.17, 15) is 0 Å². The zero-order valence-corrected chi connectivity index (χ0v) is 15.9. The minimum absolute atomic E-state index is 0.227. The third-order valence-electron chi connectivity index (χ3n) is 5.28. The van der Waals surface area contributed by atoms with E-state index >= 15 is 0 Å². The first-order chi connectivity index (χ1) is 12.5. The van der Waals surface area contributed by atoms with Crippen LogP contribution in [-0.2, 0) is 9.47 Å². The van der Waals surface area contributed by atoms with E-state index in [0.717, 1.165) is 47.0 Å². The van der Waals surface area contributed by atoms with Crippen LogP contribution >= 0.6 is 0 Å². The molecule has 2 atom stereocenters. The molecule has 0 amide bonds. The number of ether oxygens (including phenoxy) is 4. The van der Waals surface area contributed by atoms with Crippen LogP contribution in [0, 0.1) is 27.7 Å². The van der Waals surface area contributed by atoms with Crippen molar-refractivity contribution in [3.63, 3.8) is 0 Å². The van der Waals surface area contributed by atoms with E-state index in [1.165, 1.54) is 11.1 Å². The lowest BCUT2D eigenvalue weighted by molar-refractivity contribution is 0.259. The van der Waals surface area contributed by atoms with Crippen molar-refractivity contribution in [2.45, 2.75) is 39.9 Å². The Hall–Kier alpha value is -2.04. The Balaban J connectivity index is 1.75. The van der Waals surface area contributed by atoms with Gasteiger partial charge in [-0.2, -0.15) is 0 Å². The highest BCUT2D eigenvalue weighted by atomic mass is 16.6. The van der Waals surface area contributed by atoms with Crippen molar-refractivity contribution in [2.75, 3.05) is 26.4 Å². The van der Waals surface area contributed by atoms with Gasteiger partial charge in [-0.05, 0) is 49.9 Å². The molecular weight excluding hydrogens is 328 g/mol. The summed E-state index contributed by atoms with van der Waals surface area (Å²) in [5.41, 5.74) is 6.92. The maximum Gasteiger partial charge on any atom is 0.130 e. The van der Waals surface area contributed by atoms with Crippen molar-refractivity contribution < 1.29 is 18.9 Å². The lowest BCUT2D eigenvalue weighted by Gasteiger charge is -2.20. The van der Waals surface area contributed by atoms with Crippen LogP contribution in [0.5, 0.6) is 11.5 Å². The molecule has 2 aromatic rings. The second kappa shape index (κ2) is 6.93. The van der Waals surface area contributed by atoms with Crippen LogP contribution < -0.4 is 9.47 Å². The van der Waals surface area contributed by atoms with E-state index < -0.39 is 0 Å². The molecule has 4 heteroatoms. The Kier molecular flexibility index (Phi) is 4.63. The molecule has 2 unspecified atom stereocenters. The van der Waals surface area contributed by atoms with E-state index in [1.807, 2.05) is 0 Å². The predicted molar refractivity (Wildman–Crippen MR) is 101 cm³/mol. The van der Waals surface area contributed by atoms with Crippen LogP contribution in [0.15, 0.2) is 24.3 Å². The summed E-state index contributed by atoms with van der Waals surface area (Å²) in [6.07, 6.45) is 0.454. The zero-order chi connectivity index (χ0) is 18.3. The maximum absolute atomic E-state index is 6.18. The SMILES string of the molecule is Cc1ccc(-c2ccc(C)c(C)c2OCC2CO2)c(OCC2CO2)c1C. The largest absolute Gasteiger partial charge is 0.490 e. The molecule has 0 spiro atoms. The molecule has 138 valence electrons. The molecule has 0 N–H and O–H groups in total. The highest BCUT2D eigenvalue weighted by Crippen LogP contribution is 2.42. The Morgan fingerprint density at radius 3 is 1.46 bits per heavy atom. The van der Waals surface area contributed by atoms with Gasteiger partial charge in [-0.3, -0.25) is 0 Å². The minimum atomic E-state index is 0.227. The van der Waals surface area contributed by atoms with Gasteiger partial charge >= 0.3 is 0 Å². The van der Waals surface area contributed by atoms with Gasteiger partial charge in [0.05, 0.1) is 13.2 Å². The van der Waals surface area contributed by atoms with Crippen molar-refractivity contribution in [3.05, 3.63) is 46.5 Å². The smallest absolute Gasteiger partial charge is 0.130 e. The molecule has 0 bridgehead atoms. The van der Waals surface area contributed by atoms with E-state index in [2.05, 4.69) is 52.0 Å². The molecule has 0 saturated carbocycles.